The second kappa shape index (κ2) is 3.85. The number of rotatable bonds is 0. The summed E-state index contributed by atoms with van der Waals surface area (Å²) in [7, 11) is 0. The van der Waals surface area contributed by atoms with Crippen molar-refractivity contribution in [2.45, 2.75) is 6.18 Å². The van der Waals surface area contributed by atoms with Crippen molar-refractivity contribution in [1.29, 1.82) is 0 Å². The van der Waals surface area contributed by atoms with Crippen molar-refractivity contribution in [2.24, 2.45) is 0 Å². The van der Waals surface area contributed by atoms with Crippen LogP contribution in [0.4, 0.5) is 13.2 Å². The molecule has 0 spiro atoms. The molecule has 0 saturated heterocycles. The van der Waals surface area contributed by atoms with E-state index < -0.39 is 11.9 Å². The van der Waals surface area contributed by atoms with Crippen LogP contribution in [0, 0.1) is 4.51 Å². The van der Waals surface area contributed by atoms with Crippen LogP contribution < -0.4 is 0 Å². The summed E-state index contributed by atoms with van der Waals surface area (Å²) in [6, 6.07) is 6.35. The molecule has 0 aliphatic rings. The Bertz CT molecular complexity index is 603. The van der Waals surface area contributed by atoms with E-state index in [9.17, 15) is 13.2 Å². The minimum atomic E-state index is -4.56. The first-order valence-corrected chi connectivity index (χ1v) is 5.40. The van der Waals surface area contributed by atoms with Gasteiger partial charge in [-0.2, -0.15) is 13.2 Å². The number of para-hydroxylation sites is 1. The van der Waals surface area contributed by atoms with Gasteiger partial charge in [0.1, 0.15) is 5.58 Å². The molecule has 0 aliphatic carbocycles. The standard InChI is InChI=1S/C10H4BrF3OS/c11-7-8(16)5-3-1-2-4-6(5)15-9(7)10(12,13)14/h1-4H. The lowest BCUT2D eigenvalue weighted by molar-refractivity contribution is -0.153. The Morgan fingerprint density at radius 2 is 1.81 bits per heavy atom. The van der Waals surface area contributed by atoms with E-state index in [1.165, 1.54) is 6.07 Å². The Kier molecular flexibility index (Phi) is 2.79. The van der Waals surface area contributed by atoms with Crippen molar-refractivity contribution >= 4 is 39.1 Å². The van der Waals surface area contributed by atoms with E-state index in [0.717, 1.165) is 0 Å². The van der Waals surface area contributed by atoms with Gasteiger partial charge in [0.05, 0.1) is 8.98 Å². The molecular formula is C10H4BrF3OS. The average Bonchev–Trinajstić information content (AvgIpc) is 2.22. The summed E-state index contributed by atoms with van der Waals surface area (Å²) in [5.41, 5.74) is 0.128. The molecule has 0 atom stereocenters. The molecule has 0 unspecified atom stereocenters. The Balaban J connectivity index is 2.90. The maximum atomic E-state index is 12.6. The van der Waals surface area contributed by atoms with Crippen LogP contribution in [0.15, 0.2) is 33.2 Å². The molecule has 1 heterocycles. The number of benzene rings is 1. The third kappa shape index (κ3) is 1.87. The van der Waals surface area contributed by atoms with Crippen molar-refractivity contribution in [3.05, 3.63) is 39.0 Å². The van der Waals surface area contributed by atoms with Crippen LogP contribution in [0.5, 0.6) is 0 Å². The monoisotopic (exact) mass is 308 g/mol. The molecule has 84 valence electrons. The van der Waals surface area contributed by atoms with Gasteiger partial charge < -0.3 is 4.42 Å². The van der Waals surface area contributed by atoms with Gasteiger partial charge in [0.2, 0.25) is 5.76 Å². The minimum absolute atomic E-state index is 0.106. The summed E-state index contributed by atoms with van der Waals surface area (Å²) >= 11 is 7.76. The molecule has 2 aromatic rings. The maximum absolute atomic E-state index is 12.6. The van der Waals surface area contributed by atoms with Crippen molar-refractivity contribution in [2.75, 3.05) is 0 Å². The highest BCUT2D eigenvalue weighted by Gasteiger charge is 2.37. The molecular weight excluding hydrogens is 305 g/mol. The van der Waals surface area contributed by atoms with Crippen LogP contribution in [0.3, 0.4) is 0 Å². The van der Waals surface area contributed by atoms with E-state index in [-0.39, 0.29) is 14.6 Å². The fourth-order valence-corrected chi connectivity index (χ4v) is 2.08. The first-order chi connectivity index (χ1) is 7.41. The number of hydrogen-bond donors (Lipinski definition) is 0. The summed E-state index contributed by atoms with van der Waals surface area (Å²) in [4.78, 5) is 0. The molecule has 2 rings (SSSR count). The van der Waals surface area contributed by atoms with Gasteiger partial charge in [-0.25, -0.2) is 0 Å². The maximum Gasteiger partial charge on any atom is 0.450 e. The van der Waals surface area contributed by atoms with Crippen LogP contribution in [0.1, 0.15) is 5.76 Å². The van der Waals surface area contributed by atoms with Crippen molar-refractivity contribution in [3.8, 4) is 0 Å². The van der Waals surface area contributed by atoms with E-state index in [1.54, 1.807) is 18.2 Å². The molecule has 1 aromatic heterocycles. The van der Waals surface area contributed by atoms with Crippen LogP contribution in [-0.2, 0) is 6.18 Å². The SMILES string of the molecule is FC(F)(F)c1oc2ccccc2c(=S)c1Br. The van der Waals surface area contributed by atoms with Crippen molar-refractivity contribution in [1.82, 2.24) is 0 Å². The fourth-order valence-electron chi connectivity index (χ4n) is 1.30. The van der Waals surface area contributed by atoms with Gasteiger partial charge in [-0.05, 0) is 28.1 Å². The summed E-state index contributed by atoms with van der Waals surface area (Å²) in [5, 5.41) is 0.484. The van der Waals surface area contributed by atoms with E-state index >= 15 is 0 Å². The number of halogens is 4. The molecule has 1 nitrogen and oxygen atoms in total. The lowest BCUT2D eigenvalue weighted by Gasteiger charge is -2.09. The van der Waals surface area contributed by atoms with Crippen LogP contribution >= 0.6 is 28.1 Å². The Hall–Kier alpha value is -0.880. The zero-order chi connectivity index (χ0) is 11.9. The molecule has 0 amide bonds. The lowest BCUT2D eigenvalue weighted by Crippen LogP contribution is -2.06. The summed E-state index contributed by atoms with van der Waals surface area (Å²) in [5.74, 6) is -1.10. The van der Waals surface area contributed by atoms with Gasteiger partial charge in [0.15, 0.2) is 0 Å². The van der Waals surface area contributed by atoms with Gasteiger partial charge in [-0.15, -0.1) is 0 Å². The Morgan fingerprint density at radius 3 is 2.44 bits per heavy atom. The normalized spacial score (nSPS) is 12.0. The third-order valence-electron chi connectivity index (χ3n) is 2.00. The second-order valence-corrected chi connectivity index (χ2v) is 4.27. The average molecular weight is 309 g/mol. The molecule has 0 radical (unpaired) electrons. The minimum Gasteiger partial charge on any atom is -0.450 e. The van der Waals surface area contributed by atoms with Gasteiger partial charge >= 0.3 is 6.18 Å². The fraction of sp³-hybridized carbons (Fsp3) is 0.100. The Labute approximate surface area is 102 Å². The molecule has 1 aromatic carbocycles. The van der Waals surface area contributed by atoms with Crippen LogP contribution in [-0.4, -0.2) is 0 Å². The topological polar surface area (TPSA) is 13.1 Å². The molecule has 0 bridgehead atoms. The van der Waals surface area contributed by atoms with E-state index in [1.807, 2.05) is 0 Å². The largest absolute Gasteiger partial charge is 0.450 e. The number of hydrogen-bond acceptors (Lipinski definition) is 2. The first kappa shape index (κ1) is 11.6. The summed E-state index contributed by atoms with van der Waals surface area (Å²) in [6.07, 6.45) is -4.56. The van der Waals surface area contributed by atoms with Gasteiger partial charge in [-0.1, -0.05) is 24.4 Å². The third-order valence-corrected chi connectivity index (χ3v) is 3.44. The van der Waals surface area contributed by atoms with E-state index in [0.29, 0.717) is 5.39 Å². The van der Waals surface area contributed by atoms with E-state index in [2.05, 4.69) is 15.9 Å². The molecule has 16 heavy (non-hydrogen) atoms. The highest BCUT2D eigenvalue weighted by Crippen LogP contribution is 2.38. The molecule has 0 N–H and O–H groups in total. The second-order valence-electron chi connectivity index (χ2n) is 3.07. The molecule has 0 saturated carbocycles. The van der Waals surface area contributed by atoms with Crippen LogP contribution in [0.25, 0.3) is 11.0 Å². The van der Waals surface area contributed by atoms with Crippen LogP contribution in [0.2, 0.25) is 0 Å². The zero-order valence-electron chi connectivity index (χ0n) is 7.64. The number of fused-ring (bicyclic) bond motifs is 1. The predicted molar refractivity (Wildman–Crippen MR) is 59.8 cm³/mol. The summed E-state index contributed by atoms with van der Waals surface area (Å²) < 4.78 is 42.4. The quantitative estimate of drug-likeness (QED) is 0.639. The van der Waals surface area contributed by atoms with E-state index in [4.69, 9.17) is 16.6 Å². The lowest BCUT2D eigenvalue weighted by atomic mass is 10.2. The highest BCUT2D eigenvalue weighted by molar-refractivity contribution is 9.10. The molecule has 0 fully saturated rings. The van der Waals surface area contributed by atoms with Crippen molar-refractivity contribution in [3.63, 3.8) is 0 Å². The highest BCUT2D eigenvalue weighted by atomic mass is 79.9. The Morgan fingerprint density at radius 1 is 1.19 bits per heavy atom. The summed E-state index contributed by atoms with van der Waals surface area (Å²) in [6.45, 7) is 0. The molecule has 0 aliphatic heterocycles. The van der Waals surface area contributed by atoms with Gasteiger partial charge in [0, 0.05) is 5.39 Å². The predicted octanol–water partition coefficient (Wildman–Crippen LogP) is 4.94. The zero-order valence-corrected chi connectivity index (χ0v) is 10.0. The van der Waals surface area contributed by atoms with Crippen molar-refractivity contribution < 1.29 is 17.6 Å². The smallest absolute Gasteiger partial charge is 0.450 e. The first-order valence-electron chi connectivity index (χ1n) is 4.20. The number of alkyl halides is 3. The van der Waals surface area contributed by atoms with Gasteiger partial charge in [-0.3, -0.25) is 0 Å². The van der Waals surface area contributed by atoms with Gasteiger partial charge in [0.25, 0.3) is 0 Å². The molecule has 6 heteroatoms.